The fourth-order valence-electron chi connectivity index (χ4n) is 4.49. The summed E-state index contributed by atoms with van der Waals surface area (Å²) in [7, 11) is 1.86. The van der Waals surface area contributed by atoms with Gasteiger partial charge in [-0.2, -0.15) is 0 Å². The lowest BCUT2D eigenvalue weighted by molar-refractivity contribution is -0.0265. The van der Waals surface area contributed by atoms with E-state index in [1.165, 1.54) is 44.3 Å². The van der Waals surface area contributed by atoms with Crippen molar-refractivity contribution in [3.8, 4) is 0 Å². The van der Waals surface area contributed by atoms with Crippen molar-refractivity contribution >= 4 is 29.9 Å². The molecule has 29 heavy (non-hydrogen) atoms. The number of likely N-dealkylation sites (tertiary alicyclic amines) is 1. The second kappa shape index (κ2) is 13.4. The minimum atomic E-state index is 0. The first kappa shape index (κ1) is 24.4. The third-order valence-electron chi connectivity index (χ3n) is 6.18. The molecule has 3 unspecified atom stereocenters. The van der Waals surface area contributed by atoms with Gasteiger partial charge in [-0.05, 0) is 51.1 Å². The predicted molar refractivity (Wildman–Crippen MR) is 132 cm³/mol. The number of piperidine rings is 1. The summed E-state index contributed by atoms with van der Waals surface area (Å²) in [6.45, 7) is 7.52. The Labute approximate surface area is 194 Å². The predicted octanol–water partition coefficient (Wildman–Crippen LogP) is 4.20. The number of hydrogen-bond donors (Lipinski definition) is 2. The molecule has 0 aliphatic carbocycles. The Morgan fingerprint density at radius 2 is 1.97 bits per heavy atom. The number of nitrogens with zero attached hydrogens (tertiary/aromatic N) is 2. The van der Waals surface area contributed by atoms with E-state index < -0.39 is 0 Å². The molecule has 2 fully saturated rings. The van der Waals surface area contributed by atoms with Gasteiger partial charge in [-0.1, -0.05) is 36.8 Å². The van der Waals surface area contributed by atoms with E-state index in [9.17, 15) is 0 Å². The lowest BCUT2D eigenvalue weighted by atomic mass is 9.89. The number of halogens is 1. The van der Waals surface area contributed by atoms with Crippen LogP contribution in [0, 0.1) is 5.92 Å². The first-order valence-corrected chi connectivity index (χ1v) is 11.1. The van der Waals surface area contributed by atoms with Crippen molar-refractivity contribution in [2.45, 2.75) is 57.6 Å². The van der Waals surface area contributed by atoms with Crippen LogP contribution in [0.15, 0.2) is 35.3 Å². The van der Waals surface area contributed by atoms with Crippen LogP contribution in [0.4, 0.5) is 0 Å². The van der Waals surface area contributed by atoms with Crippen molar-refractivity contribution in [2.24, 2.45) is 10.9 Å². The van der Waals surface area contributed by atoms with E-state index in [1.807, 2.05) is 7.05 Å². The van der Waals surface area contributed by atoms with Crippen LogP contribution in [0.25, 0.3) is 0 Å². The lowest BCUT2D eigenvalue weighted by Gasteiger charge is -2.33. The lowest BCUT2D eigenvalue weighted by Crippen LogP contribution is -2.43. The summed E-state index contributed by atoms with van der Waals surface area (Å²) >= 11 is 0. The van der Waals surface area contributed by atoms with E-state index in [0.717, 1.165) is 44.5 Å². The standard InChI is InChI=1S/C23H38N4O.HI/c1-19-10-6-7-15-27(19)16-9-14-25-23(24-2)26-18-21-13-8-17-28-22(21)20-11-4-3-5-12-20;/h3-5,11-12,19,21-22H,6-10,13-18H2,1-2H3,(H2,24,25,26);1H. The van der Waals surface area contributed by atoms with Crippen LogP contribution in [0.5, 0.6) is 0 Å². The zero-order chi connectivity index (χ0) is 19.6. The summed E-state index contributed by atoms with van der Waals surface area (Å²) < 4.78 is 6.11. The third kappa shape index (κ3) is 7.72. The summed E-state index contributed by atoms with van der Waals surface area (Å²) in [5.41, 5.74) is 1.28. The van der Waals surface area contributed by atoms with Crippen LogP contribution in [-0.4, -0.2) is 56.7 Å². The number of rotatable bonds is 7. The highest BCUT2D eigenvalue weighted by molar-refractivity contribution is 14.0. The highest BCUT2D eigenvalue weighted by atomic mass is 127. The van der Waals surface area contributed by atoms with Gasteiger partial charge in [-0.25, -0.2) is 0 Å². The Kier molecular flexibility index (Phi) is 11.3. The molecule has 0 aromatic heterocycles. The van der Waals surface area contributed by atoms with Gasteiger partial charge >= 0.3 is 0 Å². The Morgan fingerprint density at radius 1 is 1.14 bits per heavy atom. The number of ether oxygens (including phenoxy) is 1. The van der Waals surface area contributed by atoms with Gasteiger partial charge in [0.15, 0.2) is 5.96 Å². The maximum Gasteiger partial charge on any atom is 0.190 e. The second-order valence-electron chi connectivity index (χ2n) is 8.22. The molecule has 6 heteroatoms. The minimum absolute atomic E-state index is 0. The molecule has 2 N–H and O–H groups in total. The van der Waals surface area contributed by atoms with E-state index in [-0.39, 0.29) is 30.1 Å². The molecule has 0 amide bonds. The van der Waals surface area contributed by atoms with Crippen LogP contribution >= 0.6 is 24.0 Å². The second-order valence-corrected chi connectivity index (χ2v) is 8.22. The number of guanidine groups is 1. The van der Waals surface area contributed by atoms with Gasteiger partial charge in [-0.15, -0.1) is 24.0 Å². The maximum atomic E-state index is 6.11. The van der Waals surface area contributed by atoms with E-state index in [4.69, 9.17) is 4.74 Å². The number of aliphatic imine (C=N–C) groups is 1. The molecule has 2 saturated heterocycles. The molecule has 1 aromatic carbocycles. The van der Waals surface area contributed by atoms with Crippen molar-refractivity contribution in [3.63, 3.8) is 0 Å². The smallest absolute Gasteiger partial charge is 0.190 e. The van der Waals surface area contributed by atoms with Gasteiger partial charge in [-0.3, -0.25) is 4.99 Å². The summed E-state index contributed by atoms with van der Waals surface area (Å²) in [6, 6.07) is 11.4. The molecule has 2 aliphatic rings. The van der Waals surface area contributed by atoms with Crippen molar-refractivity contribution in [1.82, 2.24) is 15.5 Å². The Morgan fingerprint density at radius 3 is 2.72 bits per heavy atom. The van der Waals surface area contributed by atoms with Gasteiger partial charge in [0, 0.05) is 45.2 Å². The van der Waals surface area contributed by atoms with Crippen molar-refractivity contribution in [3.05, 3.63) is 35.9 Å². The van der Waals surface area contributed by atoms with Crippen molar-refractivity contribution < 1.29 is 4.74 Å². The molecular weight excluding hydrogens is 475 g/mol. The summed E-state index contributed by atoms with van der Waals surface area (Å²) in [6.07, 6.45) is 7.76. The Bertz CT molecular complexity index is 598. The molecule has 1 aromatic rings. The average Bonchev–Trinajstić information content (AvgIpc) is 2.75. The molecule has 5 nitrogen and oxygen atoms in total. The highest BCUT2D eigenvalue weighted by Crippen LogP contribution is 2.33. The Hall–Kier alpha value is -0.860. The highest BCUT2D eigenvalue weighted by Gasteiger charge is 2.27. The zero-order valence-corrected chi connectivity index (χ0v) is 20.4. The first-order chi connectivity index (χ1) is 13.8. The van der Waals surface area contributed by atoms with Gasteiger partial charge in [0.25, 0.3) is 0 Å². The number of nitrogens with one attached hydrogen (secondary N) is 2. The van der Waals surface area contributed by atoms with E-state index in [2.05, 4.69) is 57.8 Å². The van der Waals surface area contributed by atoms with Crippen molar-refractivity contribution in [1.29, 1.82) is 0 Å². The van der Waals surface area contributed by atoms with Gasteiger partial charge in [0.1, 0.15) is 0 Å². The van der Waals surface area contributed by atoms with Gasteiger partial charge in [0.2, 0.25) is 0 Å². The molecule has 0 saturated carbocycles. The first-order valence-electron chi connectivity index (χ1n) is 11.1. The summed E-state index contributed by atoms with van der Waals surface area (Å²) in [4.78, 5) is 7.04. The molecular formula is C23H39IN4O. The molecule has 3 rings (SSSR count). The van der Waals surface area contributed by atoms with E-state index in [1.54, 1.807) is 0 Å². The van der Waals surface area contributed by atoms with Crippen LogP contribution in [0.2, 0.25) is 0 Å². The van der Waals surface area contributed by atoms with Crippen LogP contribution in [0.3, 0.4) is 0 Å². The van der Waals surface area contributed by atoms with E-state index in [0.29, 0.717) is 5.92 Å². The SMILES string of the molecule is CN=C(NCCCN1CCCCC1C)NCC1CCCOC1c1ccccc1.I. The fraction of sp³-hybridized carbons (Fsp3) is 0.696. The summed E-state index contributed by atoms with van der Waals surface area (Å²) in [5.74, 6) is 1.38. The number of hydrogen-bond acceptors (Lipinski definition) is 3. The maximum absolute atomic E-state index is 6.11. The van der Waals surface area contributed by atoms with Crippen molar-refractivity contribution in [2.75, 3.05) is 39.8 Å². The van der Waals surface area contributed by atoms with Gasteiger partial charge < -0.3 is 20.3 Å². The molecule has 3 atom stereocenters. The number of benzene rings is 1. The fourth-order valence-corrected chi connectivity index (χ4v) is 4.49. The molecule has 164 valence electrons. The van der Waals surface area contributed by atoms with E-state index >= 15 is 0 Å². The summed E-state index contributed by atoms with van der Waals surface area (Å²) in [5, 5.41) is 7.02. The largest absolute Gasteiger partial charge is 0.373 e. The van der Waals surface area contributed by atoms with Crippen LogP contribution in [0.1, 0.15) is 57.1 Å². The van der Waals surface area contributed by atoms with Crippen LogP contribution < -0.4 is 10.6 Å². The normalized spacial score (nSPS) is 25.9. The molecule has 0 bridgehead atoms. The monoisotopic (exact) mass is 514 g/mol. The minimum Gasteiger partial charge on any atom is -0.373 e. The average molecular weight is 514 g/mol. The molecule has 0 spiro atoms. The molecule has 0 radical (unpaired) electrons. The zero-order valence-electron chi connectivity index (χ0n) is 18.1. The topological polar surface area (TPSA) is 48.9 Å². The Balaban J connectivity index is 0.00000300. The molecule has 2 aliphatic heterocycles. The van der Waals surface area contributed by atoms with Gasteiger partial charge in [0.05, 0.1) is 6.10 Å². The third-order valence-corrected chi connectivity index (χ3v) is 6.18. The quantitative estimate of drug-likeness (QED) is 0.248. The van der Waals surface area contributed by atoms with Crippen LogP contribution in [-0.2, 0) is 4.74 Å². The molecule has 2 heterocycles.